The molecule has 4 nitrogen and oxygen atoms in total. The molecule has 0 saturated heterocycles. The minimum atomic E-state index is -0.574. The van der Waals surface area contributed by atoms with Gasteiger partial charge in [0.15, 0.2) is 0 Å². The van der Waals surface area contributed by atoms with E-state index in [2.05, 4.69) is 11.9 Å². The maximum atomic E-state index is 14.4. The summed E-state index contributed by atoms with van der Waals surface area (Å²) >= 11 is 0. The molecule has 33 heavy (non-hydrogen) atoms. The number of rotatable bonds is 8. The SMILES string of the molecule is C=CCOc1cccc2c1cc(C(=O)NCc1ccc(F)cc1)n2Cc1cc(F)ccc1F. The Morgan fingerprint density at radius 2 is 1.76 bits per heavy atom. The fraction of sp³-hybridized carbons (Fsp3) is 0.115. The van der Waals surface area contributed by atoms with Gasteiger partial charge in [-0.05, 0) is 54.1 Å². The molecule has 0 spiro atoms. The molecule has 1 amide bonds. The fourth-order valence-electron chi connectivity index (χ4n) is 3.60. The first-order chi connectivity index (χ1) is 16.0. The number of benzene rings is 3. The van der Waals surface area contributed by atoms with E-state index in [9.17, 15) is 18.0 Å². The molecule has 0 aliphatic heterocycles. The average Bonchev–Trinajstić information content (AvgIpc) is 3.18. The Morgan fingerprint density at radius 3 is 2.52 bits per heavy atom. The predicted octanol–water partition coefficient (Wildman–Crippen LogP) is 5.60. The minimum absolute atomic E-state index is 0.0582. The number of fused-ring (bicyclic) bond motifs is 1. The van der Waals surface area contributed by atoms with Gasteiger partial charge in [-0.3, -0.25) is 4.79 Å². The van der Waals surface area contributed by atoms with Gasteiger partial charge in [-0.25, -0.2) is 13.2 Å². The summed E-state index contributed by atoms with van der Waals surface area (Å²) < 4.78 is 48.7. The highest BCUT2D eigenvalue weighted by Gasteiger charge is 2.19. The molecule has 0 aliphatic carbocycles. The number of halogens is 3. The molecule has 0 atom stereocenters. The number of ether oxygens (including phenoxy) is 1. The Labute approximate surface area is 188 Å². The lowest BCUT2D eigenvalue weighted by molar-refractivity contribution is 0.0942. The molecule has 1 aromatic heterocycles. The molecular formula is C26H21F3N2O2. The highest BCUT2D eigenvalue weighted by atomic mass is 19.1. The number of amides is 1. The molecule has 0 bridgehead atoms. The van der Waals surface area contributed by atoms with Gasteiger partial charge in [-0.15, -0.1) is 0 Å². The second kappa shape index (κ2) is 9.65. The van der Waals surface area contributed by atoms with Gasteiger partial charge in [-0.2, -0.15) is 0 Å². The molecule has 0 aliphatic rings. The standard InChI is InChI=1S/C26H21F3N2O2/c1-2-12-33-25-5-3-4-23-21(25)14-24(26(32)30-15-17-6-8-19(27)9-7-17)31(23)16-18-13-20(28)10-11-22(18)29/h2-11,13-14H,1,12,15-16H2,(H,30,32). The molecule has 0 fully saturated rings. The summed E-state index contributed by atoms with van der Waals surface area (Å²) in [6.45, 7) is 4.03. The summed E-state index contributed by atoms with van der Waals surface area (Å²) in [6, 6.07) is 16.0. The Bertz CT molecular complexity index is 1310. The van der Waals surface area contributed by atoms with E-state index in [1.807, 2.05) is 0 Å². The molecule has 0 radical (unpaired) electrons. The van der Waals surface area contributed by atoms with Crippen LogP contribution in [0.25, 0.3) is 10.9 Å². The van der Waals surface area contributed by atoms with Crippen LogP contribution in [0, 0.1) is 17.5 Å². The second-order valence-corrected chi connectivity index (χ2v) is 7.45. The van der Waals surface area contributed by atoms with Gasteiger partial charge in [0.25, 0.3) is 5.91 Å². The predicted molar refractivity (Wildman–Crippen MR) is 121 cm³/mol. The number of hydrogen-bond acceptors (Lipinski definition) is 2. The van der Waals surface area contributed by atoms with Gasteiger partial charge < -0.3 is 14.6 Å². The number of hydrogen-bond donors (Lipinski definition) is 1. The number of aromatic nitrogens is 1. The lowest BCUT2D eigenvalue weighted by Crippen LogP contribution is -2.25. The van der Waals surface area contributed by atoms with Crippen molar-refractivity contribution in [3.63, 3.8) is 0 Å². The third-order valence-corrected chi connectivity index (χ3v) is 5.20. The molecule has 7 heteroatoms. The van der Waals surface area contributed by atoms with Crippen LogP contribution in [0.3, 0.4) is 0 Å². The fourth-order valence-corrected chi connectivity index (χ4v) is 3.60. The second-order valence-electron chi connectivity index (χ2n) is 7.45. The largest absolute Gasteiger partial charge is 0.489 e. The quantitative estimate of drug-likeness (QED) is 0.355. The van der Waals surface area contributed by atoms with Gasteiger partial charge in [-0.1, -0.05) is 30.9 Å². The maximum Gasteiger partial charge on any atom is 0.268 e. The first-order valence-electron chi connectivity index (χ1n) is 10.3. The zero-order valence-electron chi connectivity index (χ0n) is 17.7. The molecule has 4 rings (SSSR count). The van der Waals surface area contributed by atoms with E-state index < -0.39 is 17.5 Å². The van der Waals surface area contributed by atoms with E-state index in [1.165, 1.54) is 12.1 Å². The Balaban J connectivity index is 1.73. The average molecular weight is 450 g/mol. The van der Waals surface area contributed by atoms with Crippen LogP contribution in [0.15, 0.2) is 79.4 Å². The number of carbonyl (C=O) groups excluding carboxylic acids is 1. The van der Waals surface area contributed by atoms with Crippen molar-refractivity contribution in [2.75, 3.05) is 6.61 Å². The molecular weight excluding hydrogens is 429 g/mol. The van der Waals surface area contributed by atoms with E-state index in [0.29, 0.717) is 16.7 Å². The molecule has 0 saturated carbocycles. The summed E-state index contributed by atoms with van der Waals surface area (Å²) in [4.78, 5) is 13.1. The van der Waals surface area contributed by atoms with Crippen molar-refractivity contribution in [3.8, 4) is 5.75 Å². The zero-order valence-corrected chi connectivity index (χ0v) is 17.7. The van der Waals surface area contributed by atoms with Crippen LogP contribution in [0.1, 0.15) is 21.6 Å². The zero-order chi connectivity index (χ0) is 23.4. The van der Waals surface area contributed by atoms with Crippen molar-refractivity contribution in [1.82, 2.24) is 9.88 Å². The van der Waals surface area contributed by atoms with E-state index in [1.54, 1.807) is 47.0 Å². The molecule has 4 aromatic rings. The molecule has 1 heterocycles. The van der Waals surface area contributed by atoms with E-state index in [-0.39, 0.29) is 36.8 Å². The third kappa shape index (κ3) is 4.92. The lowest BCUT2D eigenvalue weighted by atomic mass is 10.2. The number of nitrogens with one attached hydrogen (secondary N) is 1. The number of carbonyl (C=O) groups is 1. The van der Waals surface area contributed by atoms with Gasteiger partial charge in [0.1, 0.15) is 35.5 Å². The molecule has 168 valence electrons. The van der Waals surface area contributed by atoms with Gasteiger partial charge >= 0.3 is 0 Å². The smallest absolute Gasteiger partial charge is 0.268 e. The van der Waals surface area contributed by atoms with Crippen molar-refractivity contribution in [1.29, 1.82) is 0 Å². The van der Waals surface area contributed by atoms with Crippen LogP contribution < -0.4 is 10.1 Å². The van der Waals surface area contributed by atoms with Crippen molar-refractivity contribution < 1.29 is 22.7 Å². The summed E-state index contributed by atoms with van der Waals surface area (Å²) in [6.07, 6.45) is 1.61. The topological polar surface area (TPSA) is 43.3 Å². The third-order valence-electron chi connectivity index (χ3n) is 5.20. The molecule has 1 N–H and O–H groups in total. The van der Waals surface area contributed by atoms with Gasteiger partial charge in [0.2, 0.25) is 0 Å². The van der Waals surface area contributed by atoms with Crippen LogP contribution in [-0.4, -0.2) is 17.1 Å². The summed E-state index contributed by atoms with van der Waals surface area (Å²) in [5.74, 6) is -1.38. The van der Waals surface area contributed by atoms with Crippen molar-refractivity contribution in [2.45, 2.75) is 13.1 Å². The Kier molecular flexibility index (Phi) is 6.49. The van der Waals surface area contributed by atoms with Crippen LogP contribution >= 0.6 is 0 Å². The highest BCUT2D eigenvalue weighted by molar-refractivity contribution is 6.00. The van der Waals surface area contributed by atoms with E-state index in [4.69, 9.17) is 4.74 Å². The normalized spacial score (nSPS) is 10.9. The first kappa shape index (κ1) is 22.2. The van der Waals surface area contributed by atoms with Gasteiger partial charge in [0.05, 0.1) is 12.1 Å². The van der Waals surface area contributed by atoms with Crippen molar-refractivity contribution in [2.24, 2.45) is 0 Å². The van der Waals surface area contributed by atoms with Crippen molar-refractivity contribution >= 4 is 16.8 Å². The lowest BCUT2D eigenvalue weighted by Gasteiger charge is -2.13. The summed E-state index contributed by atoms with van der Waals surface area (Å²) in [5.41, 5.74) is 1.72. The highest BCUT2D eigenvalue weighted by Crippen LogP contribution is 2.30. The minimum Gasteiger partial charge on any atom is -0.489 e. The Hall–Kier alpha value is -4.00. The van der Waals surface area contributed by atoms with E-state index in [0.717, 1.165) is 23.8 Å². The Morgan fingerprint density at radius 1 is 1.00 bits per heavy atom. The van der Waals surface area contributed by atoms with Crippen LogP contribution in [0.5, 0.6) is 5.75 Å². The van der Waals surface area contributed by atoms with E-state index >= 15 is 0 Å². The van der Waals surface area contributed by atoms with Crippen LogP contribution in [-0.2, 0) is 13.1 Å². The van der Waals surface area contributed by atoms with Crippen LogP contribution in [0.4, 0.5) is 13.2 Å². The monoisotopic (exact) mass is 450 g/mol. The first-order valence-corrected chi connectivity index (χ1v) is 10.3. The van der Waals surface area contributed by atoms with Gasteiger partial charge in [0, 0.05) is 17.5 Å². The summed E-state index contributed by atoms with van der Waals surface area (Å²) in [7, 11) is 0. The number of nitrogens with zero attached hydrogens (tertiary/aromatic N) is 1. The summed E-state index contributed by atoms with van der Waals surface area (Å²) in [5, 5.41) is 3.46. The maximum absolute atomic E-state index is 14.4. The van der Waals surface area contributed by atoms with Crippen molar-refractivity contribution in [3.05, 3.63) is 114 Å². The molecule has 3 aromatic carbocycles. The van der Waals surface area contributed by atoms with Crippen LogP contribution in [0.2, 0.25) is 0 Å². The molecule has 0 unspecified atom stereocenters.